The second-order valence-corrected chi connectivity index (χ2v) is 7.04. The van der Waals surface area contributed by atoms with E-state index in [4.69, 9.17) is 5.73 Å². The summed E-state index contributed by atoms with van der Waals surface area (Å²) in [6.07, 6.45) is 7.92. The van der Waals surface area contributed by atoms with Gasteiger partial charge in [0.05, 0.1) is 6.42 Å². The highest BCUT2D eigenvalue weighted by molar-refractivity contribution is 5.85. The Hall–Kier alpha value is -1.26. The van der Waals surface area contributed by atoms with Crippen LogP contribution in [0.5, 0.6) is 0 Å². The molecule has 0 aromatic heterocycles. The highest BCUT2D eigenvalue weighted by atomic mass is 35.5. The van der Waals surface area contributed by atoms with Gasteiger partial charge in [0, 0.05) is 24.8 Å². The normalized spacial score (nSPS) is 24.4. The van der Waals surface area contributed by atoms with Gasteiger partial charge in [0.25, 0.3) is 0 Å². The van der Waals surface area contributed by atoms with Gasteiger partial charge in [0.1, 0.15) is 0 Å². The lowest BCUT2D eigenvalue weighted by molar-refractivity contribution is -0.133. The Morgan fingerprint density at radius 3 is 2.54 bits per heavy atom. The molecule has 24 heavy (non-hydrogen) atoms. The fraction of sp³-hybridized carbons (Fsp3) is 0.632. The fourth-order valence-electron chi connectivity index (χ4n) is 4.21. The molecule has 0 spiro atoms. The number of hydrogen-bond acceptors (Lipinski definition) is 3. The van der Waals surface area contributed by atoms with Crippen LogP contribution in [-0.4, -0.2) is 47.9 Å². The average molecular weight is 352 g/mol. The molecule has 2 atom stereocenters. The Morgan fingerprint density at radius 1 is 1.17 bits per heavy atom. The molecule has 2 unspecified atom stereocenters. The van der Waals surface area contributed by atoms with E-state index in [1.54, 1.807) is 0 Å². The summed E-state index contributed by atoms with van der Waals surface area (Å²) in [7, 11) is 1.99. The molecule has 4 nitrogen and oxygen atoms in total. The summed E-state index contributed by atoms with van der Waals surface area (Å²) in [6, 6.07) is 8.60. The minimum absolute atomic E-state index is 0. The fourth-order valence-corrected chi connectivity index (χ4v) is 4.21. The molecule has 3 rings (SSSR count). The van der Waals surface area contributed by atoms with Crippen molar-refractivity contribution in [2.24, 2.45) is 0 Å². The average Bonchev–Trinajstić information content (AvgIpc) is 3.10. The van der Waals surface area contributed by atoms with Gasteiger partial charge in [-0.3, -0.25) is 9.69 Å². The predicted molar refractivity (Wildman–Crippen MR) is 101 cm³/mol. The summed E-state index contributed by atoms with van der Waals surface area (Å²) in [4.78, 5) is 17.4. The largest absolute Gasteiger partial charge is 0.398 e. The molecule has 1 aliphatic carbocycles. The highest BCUT2D eigenvalue weighted by Gasteiger charge is 2.35. The Labute approximate surface area is 151 Å². The molecule has 0 bridgehead atoms. The molecule has 1 aromatic carbocycles. The van der Waals surface area contributed by atoms with Gasteiger partial charge in [0.15, 0.2) is 0 Å². The van der Waals surface area contributed by atoms with Gasteiger partial charge in [-0.2, -0.15) is 0 Å². The molecular weight excluding hydrogens is 322 g/mol. The van der Waals surface area contributed by atoms with E-state index in [0.29, 0.717) is 24.2 Å². The van der Waals surface area contributed by atoms with Crippen LogP contribution in [0.2, 0.25) is 0 Å². The van der Waals surface area contributed by atoms with Gasteiger partial charge >= 0.3 is 0 Å². The van der Waals surface area contributed by atoms with Crippen molar-refractivity contribution in [2.45, 2.75) is 57.0 Å². The maximum atomic E-state index is 12.8. The second-order valence-electron chi connectivity index (χ2n) is 7.04. The summed E-state index contributed by atoms with van der Waals surface area (Å²) in [6.45, 7) is 2.41. The lowest BCUT2D eigenvalue weighted by Crippen LogP contribution is -2.53. The Morgan fingerprint density at radius 2 is 1.83 bits per heavy atom. The van der Waals surface area contributed by atoms with Crippen LogP contribution in [0.4, 0.5) is 5.69 Å². The standard InChI is InChI=1S/C19H29N3O.ClH/c1-21(19(23)14-15-8-2-3-9-16(15)20)17-10-4-5-11-18(17)22-12-6-7-13-22;/h2-3,8-9,17-18H,4-7,10-14,20H2,1H3;1H. The van der Waals surface area contributed by atoms with Crippen molar-refractivity contribution in [3.05, 3.63) is 29.8 Å². The van der Waals surface area contributed by atoms with Crippen molar-refractivity contribution < 1.29 is 4.79 Å². The molecule has 134 valence electrons. The number of para-hydroxylation sites is 1. The lowest BCUT2D eigenvalue weighted by Gasteiger charge is -2.42. The van der Waals surface area contributed by atoms with E-state index in [0.717, 1.165) is 12.0 Å². The number of halogens is 1. The topological polar surface area (TPSA) is 49.6 Å². The molecule has 1 heterocycles. The van der Waals surface area contributed by atoms with E-state index in [9.17, 15) is 4.79 Å². The summed E-state index contributed by atoms with van der Waals surface area (Å²) < 4.78 is 0. The van der Waals surface area contributed by atoms with Crippen LogP contribution in [0, 0.1) is 0 Å². The molecule has 2 fully saturated rings. The van der Waals surface area contributed by atoms with Gasteiger partial charge < -0.3 is 10.6 Å². The number of hydrogen-bond donors (Lipinski definition) is 1. The van der Waals surface area contributed by atoms with Crippen LogP contribution in [0.15, 0.2) is 24.3 Å². The van der Waals surface area contributed by atoms with Crippen LogP contribution in [0.25, 0.3) is 0 Å². The zero-order valence-corrected chi connectivity index (χ0v) is 15.4. The maximum absolute atomic E-state index is 12.8. The van der Waals surface area contributed by atoms with Crippen molar-refractivity contribution in [3.8, 4) is 0 Å². The Bertz CT molecular complexity index is 545. The van der Waals surface area contributed by atoms with Crippen molar-refractivity contribution in [1.82, 2.24) is 9.80 Å². The number of likely N-dealkylation sites (N-methyl/N-ethyl adjacent to an activating group) is 1. The molecule has 1 aliphatic heterocycles. The van der Waals surface area contributed by atoms with Gasteiger partial charge in [-0.05, 0) is 50.4 Å². The summed E-state index contributed by atoms with van der Waals surface area (Å²) in [5, 5.41) is 0. The predicted octanol–water partition coefficient (Wildman–Crippen LogP) is 3.10. The molecule has 2 aliphatic rings. The first-order valence-electron chi connectivity index (χ1n) is 9.00. The van der Waals surface area contributed by atoms with Gasteiger partial charge in [-0.25, -0.2) is 0 Å². The molecule has 2 N–H and O–H groups in total. The van der Waals surface area contributed by atoms with Crippen molar-refractivity contribution in [3.63, 3.8) is 0 Å². The first kappa shape index (κ1) is 19.1. The van der Waals surface area contributed by atoms with E-state index >= 15 is 0 Å². The van der Waals surface area contributed by atoms with Crippen LogP contribution in [-0.2, 0) is 11.2 Å². The number of rotatable bonds is 4. The molecule has 1 aromatic rings. The molecule has 1 amide bonds. The van der Waals surface area contributed by atoms with E-state index in [1.165, 1.54) is 45.2 Å². The third kappa shape index (κ3) is 4.22. The van der Waals surface area contributed by atoms with Gasteiger partial charge in [0.2, 0.25) is 5.91 Å². The highest BCUT2D eigenvalue weighted by Crippen LogP contribution is 2.29. The Balaban J connectivity index is 0.00000208. The third-order valence-electron chi connectivity index (χ3n) is 5.59. The SMILES string of the molecule is CN(C(=O)Cc1ccccc1N)C1CCCCC1N1CCCC1.Cl. The summed E-state index contributed by atoms with van der Waals surface area (Å²) >= 11 is 0. The van der Waals surface area contributed by atoms with E-state index in [-0.39, 0.29) is 18.3 Å². The number of anilines is 1. The molecule has 1 saturated heterocycles. The van der Waals surface area contributed by atoms with Crippen LogP contribution in [0.1, 0.15) is 44.1 Å². The number of nitrogens with zero attached hydrogens (tertiary/aromatic N) is 2. The zero-order valence-electron chi connectivity index (χ0n) is 14.6. The minimum Gasteiger partial charge on any atom is -0.398 e. The quantitative estimate of drug-likeness (QED) is 0.848. The first-order chi connectivity index (χ1) is 11.2. The smallest absolute Gasteiger partial charge is 0.227 e. The van der Waals surface area contributed by atoms with Crippen LogP contribution >= 0.6 is 12.4 Å². The minimum atomic E-state index is 0. The van der Waals surface area contributed by atoms with Gasteiger partial charge in [-0.1, -0.05) is 31.0 Å². The summed E-state index contributed by atoms with van der Waals surface area (Å²) in [5.41, 5.74) is 7.65. The van der Waals surface area contributed by atoms with Crippen LogP contribution in [0.3, 0.4) is 0 Å². The zero-order chi connectivity index (χ0) is 16.2. The Kier molecular flexibility index (Phi) is 6.93. The number of nitrogens with two attached hydrogens (primary N) is 1. The van der Waals surface area contributed by atoms with Crippen molar-refractivity contribution >= 4 is 24.0 Å². The van der Waals surface area contributed by atoms with E-state index < -0.39 is 0 Å². The number of amides is 1. The van der Waals surface area contributed by atoms with Crippen molar-refractivity contribution in [2.75, 3.05) is 25.9 Å². The number of carbonyl (C=O) groups excluding carboxylic acids is 1. The van der Waals surface area contributed by atoms with Gasteiger partial charge in [-0.15, -0.1) is 12.4 Å². The first-order valence-corrected chi connectivity index (χ1v) is 9.00. The number of carbonyl (C=O) groups is 1. The third-order valence-corrected chi connectivity index (χ3v) is 5.59. The maximum Gasteiger partial charge on any atom is 0.227 e. The monoisotopic (exact) mass is 351 g/mol. The molecule has 1 saturated carbocycles. The molecular formula is C19H30ClN3O. The lowest BCUT2D eigenvalue weighted by atomic mass is 9.88. The molecule has 5 heteroatoms. The van der Waals surface area contributed by atoms with E-state index in [1.807, 2.05) is 36.2 Å². The summed E-state index contributed by atoms with van der Waals surface area (Å²) in [5.74, 6) is 0.194. The number of benzene rings is 1. The van der Waals surface area contributed by atoms with Crippen LogP contribution < -0.4 is 5.73 Å². The second kappa shape index (κ2) is 8.72. The molecule has 0 radical (unpaired) electrons. The number of nitrogen functional groups attached to an aromatic ring is 1. The van der Waals surface area contributed by atoms with E-state index in [2.05, 4.69) is 4.90 Å². The number of likely N-dealkylation sites (tertiary alicyclic amines) is 1. The van der Waals surface area contributed by atoms with Crippen molar-refractivity contribution in [1.29, 1.82) is 0 Å².